The summed E-state index contributed by atoms with van der Waals surface area (Å²) in [6.07, 6.45) is 2.48. The normalized spacial score (nSPS) is 25.7. The Kier molecular flexibility index (Phi) is 3.33. The first-order valence-electron chi connectivity index (χ1n) is 5.05. The number of rotatable bonds is 3. The Morgan fingerprint density at radius 3 is 2.75 bits per heavy atom. The molecule has 1 aliphatic heterocycles. The quantitative estimate of drug-likeness (QED) is 0.584. The molecule has 0 saturated carbocycles. The molecule has 0 aromatic heterocycles. The lowest BCUT2D eigenvalue weighted by molar-refractivity contribution is 0.208. The van der Waals surface area contributed by atoms with E-state index in [0.29, 0.717) is 0 Å². The Balaban J connectivity index is 2.53. The molecule has 1 heterocycles. The summed E-state index contributed by atoms with van der Waals surface area (Å²) >= 11 is 0. The summed E-state index contributed by atoms with van der Waals surface area (Å²) in [7, 11) is 0. The van der Waals surface area contributed by atoms with Crippen molar-refractivity contribution in [1.29, 1.82) is 0 Å². The summed E-state index contributed by atoms with van der Waals surface area (Å²) in [6.45, 7) is 13.3. The van der Waals surface area contributed by atoms with Gasteiger partial charge in [0.2, 0.25) is 0 Å². The van der Waals surface area contributed by atoms with Crippen molar-refractivity contribution in [3.8, 4) is 0 Å². The lowest BCUT2D eigenvalue weighted by Crippen LogP contribution is -2.33. The molecule has 0 aromatic rings. The smallest absolute Gasteiger partial charge is 0.0193 e. The molecule has 1 aliphatic rings. The van der Waals surface area contributed by atoms with E-state index < -0.39 is 0 Å². The van der Waals surface area contributed by atoms with Crippen LogP contribution in [0.2, 0.25) is 0 Å². The van der Waals surface area contributed by atoms with Crippen LogP contribution in [0.25, 0.3) is 0 Å². The largest absolute Gasteiger partial charge is 0.296 e. The van der Waals surface area contributed by atoms with Gasteiger partial charge in [-0.05, 0) is 25.3 Å². The molecule has 0 amide bonds. The molecule has 70 valence electrons. The molecule has 1 saturated heterocycles. The predicted octanol–water partition coefficient (Wildman–Crippen LogP) is 2.68. The second-order valence-corrected chi connectivity index (χ2v) is 4.24. The molecule has 0 N–H and O–H groups in total. The molecule has 0 aromatic carbocycles. The van der Waals surface area contributed by atoms with Crippen LogP contribution in [0.3, 0.4) is 0 Å². The summed E-state index contributed by atoms with van der Waals surface area (Å²) in [5, 5.41) is 0. The topological polar surface area (TPSA) is 3.24 Å². The molecule has 1 heteroatoms. The average Bonchev–Trinajstić information content (AvgIpc) is 2.32. The molecule has 0 spiro atoms. The van der Waals surface area contributed by atoms with Crippen molar-refractivity contribution in [3.05, 3.63) is 12.2 Å². The third-order valence-corrected chi connectivity index (χ3v) is 2.67. The first-order chi connectivity index (χ1) is 5.65. The van der Waals surface area contributed by atoms with Gasteiger partial charge in [0, 0.05) is 12.6 Å². The van der Waals surface area contributed by atoms with Crippen molar-refractivity contribution >= 4 is 0 Å². The standard InChI is InChI=1S/C11H21N/c1-5-6-12-8-10(4)7-11(12)9(2)3/h9,11H,4-8H2,1-3H3/t11-/m0/s1. The molecule has 0 aliphatic carbocycles. The maximum Gasteiger partial charge on any atom is 0.0193 e. The van der Waals surface area contributed by atoms with Crippen LogP contribution in [-0.4, -0.2) is 24.0 Å². The lowest BCUT2D eigenvalue weighted by Gasteiger charge is -2.26. The Morgan fingerprint density at radius 1 is 1.58 bits per heavy atom. The highest BCUT2D eigenvalue weighted by Gasteiger charge is 2.27. The minimum Gasteiger partial charge on any atom is -0.296 e. The monoisotopic (exact) mass is 167 g/mol. The summed E-state index contributed by atoms with van der Waals surface area (Å²) < 4.78 is 0. The average molecular weight is 167 g/mol. The first-order valence-corrected chi connectivity index (χ1v) is 5.05. The van der Waals surface area contributed by atoms with E-state index in [1.54, 1.807) is 0 Å². The second-order valence-electron chi connectivity index (χ2n) is 4.24. The van der Waals surface area contributed by atoms with E-state index in [1.807, 2.05) is 0 Å². The summed E-state index contributed by atoms with van der Waals surface area (Å²) in [5.41, 5.74) is 1.42. The fourth-order valence-electron chi connectivity index (χ4n) is 2.08. The fraction of sp³-hybridized carbons (Fsp3) is 0.818. The van der Waals surface area contributed by atoms with Gasteiger partial charge in [-0.3, -0.25) is 4.90 Å². The van der Waals surface area contributed by atoms with E-state index in [4.69, 9.17) is 0 Å². The van der Waals surface area contributed by atoms with Crippen molar-refractivity contribution in [2.45, 2.75) is 39.7 Å². The molecule has 0 radical (unpaired) electrons. The van der Waals surface area contributed by atoms with Crippen LogP contribution >= 0.6 is 0 Å². The Bertz CT molecular complexity index is 160. The zero-order valence-corrected chi connectivity index (χ0v) is 8.64. The van der Waals surface area contributed by atoms with E-state index in [2.05, 4.69) is 32.3 Å². The first kappa shape index (κ1) is 9.79. The molecular weight excluding hydrogens is 146 g/mol. The van der Waals surface area contributed by atoms with Gasteiger partial charge in [0.05, 0.1) is 0 Å². The zero-order valence-electron chi connectivity index (χ0n) is 8.64. The van der Waals surface area contributed by atoms with Gasteiger partial charge in [0.1, 0.15) is 0 Å². The van der Waals surface area contributed by atoms with E-state index in [-0.39, 0.29) is 0 Å². The van der Waals surface area contributed by atoms with Crippen molar-refractivity contribution in [2.24, 2.45) is 5.92 Å². The van der Waals surface area contributed by atoms with Gasteiger partial charge in [-0.1, -0.05) is 32.9 Å². The number of nitrogens with zero attached hydrogens (tertiary/aromatic N) is 1. The van der Waals surface area contributed by atoms with E-state index in [9.17, 15) is 0 Å². The van der Waals surface area contributed by atoms with Crippen LogP contribution in [0.1, 0.15) is 33.6 Å². The van der Waals surface area contributed by atoms with Gasteiger partial charge >= 0.3 is 0 Å². The summed E-state index contributed by atoms with van der Waals surface area (Å²) in [5.74, 6) is 0.774. The maximum atomic E-state index is 4.08. The van der Waals surface area contributed by atoms with Gasteiger partial charge in [0.25, 0.3) is 0 Å². The third-order valence-electron chi connectivity index (χ3n) is 2.67. The maximum absolute atomic E-state index is 4.08. The molecular formula is C11H21N. The fourth-order valence-corrected chi connectivity index (χ4v) is 2.08. The number of hydrogen-bond donors (Lipinski definition) is 0. The number of likely N-dealkylation sites (tertiary alicyclic amines) is 1. The minimum atomic E-state index is 0.762. The van der Waals surface area contributed by atoms with Gasteiger partial charge in [0.15, 0.2) is 0 Å². The van der Waals surface area contributed by atoms with Crippen LogP contribution in [0.4, 0.5) is 0 Å². The molecule has 1 nitrogen and oxygen atoms in total. The van der Waals surface area contributed by atoms with Crippen molar-refractivity contribution in [3.63, 3.8) is 0 Å². The van der Waals surface area contributed by atoms with Crippen LogP contribution in [0.5, 0.6) is 0 Å². The molecule has 0 unspecified atom stereocenters. The SMILES string of the molecule is C=C1C[C@@H](C(C)C)N(CCC)C1. The summed E-state index contributed by atoms with van der Waals surface area (Å²) in [6, 6.07) is 0.762. The molecule has 12 heavy (non-hydrogen) atoms. The highest BCUT2D eigenvalue weighted by Crippen LogP contribution is 2.26. The highest BCUT2D eigenvalue weighted by molar-refractivity contribution is 5.08. The zero-order chi connectivity index (χ0) is 9.14. The van der Waals surface area contributed by atoms with Gasteiger partial charge in [-0.2, -0.15) is 0 Å². The van der Waals surface area contributed by atoms with Crippen LogP contribution in [-0.2, 0) is 0 Å². The Labute approximate surface area is 76.5 Å². The van der Waals surface area contributed by atoms with E-state index >= 15 is 0 Å². The Morgan fingerprint density at radius 2 is 2.25 bits per heavy atom. The highest BCUT2D eigenvalue weighted by atomic mass is 15.2. The van der Waals surface area contributed by atoms with Gasteiger partial charge in [-0.25, -0.2) is 0 Å². The second kappa shape index (κ2) is 4.08. The van der Waals surface area contributed by atoms with E-state index in [1.165, 1.54) is 25.0 Å². The summed E-state index contributed by atoms with van der Waals surface area (Å²) in [4.78, 5) is 2.58. The Hall–Kier alpha value is -0.300. The lowest BCUT2D eigenvalue weighted by atomic mass is 10.0. The molecule has 1 rings (SSSR count). The van der Waals surface area contributed by atoms with Gasteiger partial charge < -0.3 is 0 Å². The van der Waals surface area contributed by atoms with Gasteiger partial charge in [-0.15, -0.1) is 0 Å². The van der Waals surface area contributed by atoms with Crippen molar-refractivity contribution in [2.75, 3.05) is 13.1 Å². The molecule has 1 atom stereocenters. The third kappa shape index (κ3) is 2.10. The van der Waals surface area contributed by atoms with Crippen LogP contribution in [0, 0.1) is 5.92 Å². The van der Waals surface area contributed by atoms with E-state index in [0.717, 1.165) is 18.5 Å². The van der Waals surface area contributed by atoms with Crippen molar-refractivity contribution < 1.29 is 0 Å². The number of hydrogen-bond acceptors (Lipinski definition) is 1. The molecule has 1 fully saturated rings. The van der Waals surface area contributed by atoms with Crippen molar-refractivity contribution in [1.82, 2.24) is 4.90 Å². The van der Waals surface area contributed by atoms with Crippen LogP contribution in [0.15, 0.2) is 12.2 Å². The van der Waals surface area contributed by atoms with Crippen LogP contribution < -0.4 is 0 Å². The predicted molar refractivity (Wildman–Crippen MR) is 54.2 cm³/mol. The molecule has 0 bridgehead atoms. The minimum absolute atomic E-state index is 0.762.